The number of carbonyl (C=O) groups is 3. The fourth-order valence-corrected chi connectivity index (χ4v) is 3.74. The highest BCUT2D eigenvalue weighted by molar-refractivity contribution is 5.95. The molecule has 2 rings (SSSR count). The molecule has 1 aromatic carbocycles. The summed E-state index contributed by atoms with van der Waals surface area (Å²) >= 11 is 0. The van der Waals surface area contributed by atoms with Crippen LogP contribution in [0.15, 0.2) is 18.2 Å². The first kappa shape index (κ1) is 22.9. The van der Waals surface area contributed by atoms with Crippen molar-refractivity contribution < 1.29 is 19.1 Å². The number of amides is 2. The highest BCUT2D eigenvalue weighted by atomic mass is 16.5. The Balaban J connectivity index is 1.65. The smallest absolute Gasteiger partial charge is 0.309 e. The average Bonchev–Trinajstić information content (AvgIpc) is 2.72. The molecule has 6 nitrogen and oxygen atoms in total. The number of anilines is 1. The van der Waals surface area contributed by atoms with Gasteiger partial charge in [0.25, 0.3) is 5.91 Å². The number of carbonyl (C=O) groups excluding carboxylic acids is 3. The molecule has 1 aliphatic carbocycles. The molecule has 1 aliphatic rings. The van der Waals surface area contributed by atoms with Crippen LogP contribution in [0.1, 0.15) is 63.0 Å². The molecule has 0 aromatic heterocycles. The Morgan fingerprint density at radius 1 is 1.07 bits per heavy atom. The molecule has 0 atom stereocenters. The molecule has 29 heavy (non-hydrogen) atoms. The fraction of sp³-hybridized carbons (Fsp3) is 0.609. The number of ether oxygens (including phenoxy) is 1. The van der Waals surface area contributed by atoms with Gasteiger partial charge in [-0.2, -0.15) is 0 Å². The fourth-order valence-electron chi connectivity index (χ4n) is 3.74. The third-order valence-electron chi connectivity index (χ3n) is 5.82. The van der Waals surface area contributed by atoms with E-state index in [2.05, 4.69) is 17.6 Å². The Labute approximate surface area is 173 Å². The summed E-state index contributed by atoms with van der Waals surface area (Å²) in [6.45, 7) is 5.60. The maximum atomic E-state index is 12.2. The Kier molecular flexibility index (Phi) is 9.16. The molecule has 0 spiro atoms. The van der Waals surface area contributed by atoms with Crippen molar-refractivity contribution in [3.63, 3.8) is 0 Å². The van der Waals surface area contributed by atoms with Crippen molar-refractivity contribution in [1.82, 2.24) is 5.32 Å². The monoisotopic (exact) mass is 402 g/mol. The third kappa shape index (κ3) is 7.52. The highest BCUT2D eigenvalue weighted by Crippen LogP contribution is 2.32. The summed E-state index contributed by atoms with van der Waals surface area (Å²) in [6.07, 6.45) is 7.50. The van der Waals surface area contributed by atoms with Crippen molar-refractivity contribution in [2.24, 2.45) is 11.8 Å². The maximum Gasteiger partial charge on any atom is 0.309 e. The van der Waals surface area contributed by atoms with Crippen LogP contribution in [-0.4, -0.2) is 30.9 Å². The molecule has 6 heteroatoms. The molecule has 2 N–H and O–H groups in total. The van der Waals surface area contributed by atoms with Crippen molar-refractivity contribution in [3.05, 3.63) is 29.3 Å². The van der Waals surface area contributed by atoms with Gasteiger partial charge in [-0.1, -0.05) is 38.3 Å². The number of nitrogens with one attached hydrogen (secondary N) is 2. The summed E-state index contributed by atoms with van der Waals surface area (Å²) in [4.78, 5) is 36.1. The summed E-state index contributed by atoms with van der Waals surface area (Å²) in [7, 11) is 0. The number of aryl methyl sites for hydroxylation is 1. The zero-order valence-corrected chi connectivity index (χ0v) is 17.9. The lowest BCUT2D eigenvalue weighted by molar-refractivity contribution is -0.153. The summed E-state index contributed by atoms with van der Waals surface area (Å²) in [6, 6.07) is 5.66. The average molecular weight is 403 g/mol. The van der Waals surface area contributed by atoms with E-state index in [4.69, 9.17) is 4.74 Å². The van der Waals surface area contributed by atoms with Gasteiger partial charge in [0.2, 0.25) is 5.91 Å². The number of hydrogen-bond donors (Lipinski definition) is 2. The van der Waals surface area contributed by atoms with Gasteiger partial charge in [-0.3, -0.25) is 14.4 Å². The van der Waals surface area contributed by atoms with E-state index in [1.165, 1.54) is 19.3 Å². The minimum absolute atomic E-state index is 0.103. The Morgan fingerprint density at radius 3 is 2.48 bits per heavy atom. The number of unbranched alkanes of at least 4 members (excludes halogenated alkanes) is 1. The van der Waals surface area contributed by atoms with Crippen LogP contribution in [0, 0.1) is 25.7 Å². The topological polar surface area (TPSA) is 84.5 Å². The van der Waals surface area contributed by atoms with Crippen LogP contribution >= 0.6 is 0 Å². The van der Waals surface area contributed by atoms with Gasteiger partial charge in [0.05, 0.1) is 12.5 Å². The number of benzene rings is 1. The predicted octanol–water partition coefficient (Wildman–Crippen LogP) is 3.90. The van der Waals surface area contributed by atoms with E-state index < -0.39 is 5.91 Å². The zero-order valence-electron chi connectivity index (χ0n) is 17.9. The quantitative estimate of drug-likeness (QED) is 0.614. The first-order valence-corrected chi connectivity index (χ1v) is 10.7. The zero-order chi connectivity index (χ0) is 21.2. The molecule has 1 fully saturated rings. The minimum atomic E-state index is -0.467. The lowest BCUT2D eigenvalue weighted by Crippen LogP contribution is -2.36. The van der Waals surface area contributed by atoms with Crippen LogP contribution in [0.4, 0.5) is 5.69 Å². The Morgan fingerprint density at radius 2 is 1.79 bits per heavy atom. The van der Waals surface area contributed by atoms with E-state index in [1.54, 1.807) is 0 Å². The standard InChI is InChI=1S/C23H34N2O4/c1-4-5-8-18-10-12-19(13-11-18)23(28)29-15-22(27)24-14-21(26)25-20-9-6-7-16(2)17(20)3/h6-7,9,18-19H,4-5,8,10-15H2,1-3H3,(H,24,27)(H,25,26). The van der Waals surface area contributed by atoms with Gasteiger partial charge in [0.15, 0.2) is 6.61 Å². The molecular weight excluding hydrogens is 368 g/mol. The van der Waals surface area contributed by atoms with E-state index in [9.17, 15) is 14.4 Å². The second-order valence-corrected chi connectivity index (χ2v) is 8.04. The van der Waals surface area contributed by atoms with Crippen molar-refractivity contribution in [3.8, 4) is 0 Å². The third-order valence-corrected chi connectivity index (χ3v) is 5.82. The van der Waals surface area contributed by atoms with Crippen LogP contribution in [0.2, 0.25) is 0 Å². The lowest BCUT2D eigenvalue weighted by atomic mass is 9.80. The van der Waals surface area contributed by atoms with Crippen molar-refractivity contribution in [1.29, 1.82) is 0 Å². The summed E-state index contributed by atoms with van der Waals surface area (Å²) in [5, 5.41) is 5.28. The van der Waals surface area contributed by atoms with Gasteiger partial charge in [-0.15, -0.1) is 0 Å². The van der Waals surface area contributed by atoms with E-state index in [0.29, 0.717) is 0 Å². The molecule has 160 valence electrons. The molecule has 0 saturated heterocycles. The molecule has 0 bridgehead atoms. The molecular formula is C23H34N2O4. The van der Waals surface area contributed by atoms with E-state index in [-0.39, 0.29) is 30.9 Å². The van der Waals surface area contributed by atoms with Crippen molar-refractivity contribution in [2.45, 2.75) is 65.7 Å². The summed E-state index contributed by atoms with van der Waals surface area (Å²) in [5.41, 5.74) is 2.80. The first-order chi connectivity index (χ1) is 13.9. The van der Waals surface area contributed by atoms with Gasteiger partial charge in [0.1, 0.15) is 0 Å². The van der Waals surface area contributed by atoms with Crippen LogP contribution in [0.5, 0.6) is 0 Å². The van der Waals surface area contributed by atoms with Crippen LogP contribution in [-0.2, 0) is 19.1 Å². The van der Waals surface area contributed by atoms with Gasteiger partial charge >= 0.3 is 5.97 Å². The maximum absolute atomic E-state index is 12.2. The van der Waals surface area contributed by atoms with Crippen molar-refractivity contribution >= 4 is 23.5 Å². The van der Waals surface area contributed by atoms with Crippen LogP contribution in [0.3, 0.4) is 0 Å². The predicted molar refractivity (Wildman–Crippen MR) is 113 cm³/mol. The molecule has 1 aromatic rings. The molecule has 0 aliphatic heterocycles. The van der Waals surface area contributed by atoms with Gasteiger partial charge in [-0.25, -0.2) is 0 Å². The number of hydrogen-bond acceptors (Lipinski definition) is 4. The molecule has 0 unspecified atom stereocenters. The second-order valence-electron chi connectivity index (χ2n) is 8.04. The lowest BCUT2D eigenvalue weighted by Gasteiger charge is -2.27. The number of esters is 1. The Hall–Kier alpha value is -2.37. The number of rotatable bonds is 9. The molecule has 2 amide bonds. The van der Waals surface area contributed by atoms with E-state index in [1.807, 2.05) is 32.0 Å². The molecule has 1 saturated carbocycles. The highest BCUT2D eigenvalue weighted by Gasteiger charge is 2.27. The Bertz CT molecular complexity index is 709. The van der Waals surface area contributed by atoms with Gasteiger partial charge in [0, 0.05) is 5.69 Å². The first-order valence-electron chi connectivity index (χ1n) is 10.7. The summed E-state index contributed by atoms with van der Waals surface area (Å²) in [5.74, 6) is -0.463. The normalized spacial score (nSPS) is 18.7. The van der Waals surface area contributed by atoms with Crippen LogP contribution in [0.25, 0.3) is 0 Å². The van der Waals surface area contributed by atoms with E-state index >= 15 is 0 Å². The van der Waals surface area contributed by atoms with Crippen molar-refractivity contribution in [2.75, 3.05) is 18.5 Å². The summed E-state index contributed by atoms with van der Waals surface area (Å²) < 4.78 is 5.16. The largest absolute Gasteiger partial charge is 0.455 e. The minimum Gasteiger partial charge on any atom is -0.455 e. The molecule has 0 heterocycles. The van der Waals surface area contributed by atoms with Gasteiger partial charge in [-0.05, 0) is 62.6 Å². The van der Waals surface area contributed by atoms with Gasteiger partial charge < -0.3 is 15.4 Å². The van der Waals surface area contributed by atoms with E-state index in [0.717, 1.165) is 48.4 Å². The molecule has 0 radical (unpaired) electrons. The van der Waals surface area contributed by atoms with Crippen LogP contribution < -0.4 is 10.6 Å². The second kappa shape index (κ2) is 11.6. The SMILES string of the molecule is CCCCC1CCC(C(=O)OCC(=O)NCC(=O)Nc2cccc(C)c2C)CC1.